The zero-order chi connectivity index (χ0) is 15.2. The number of amides is 1. The van der Waals surface area contributed by atoms with Gasteiger partial charge in [0.1, 0.15) is 5.82 Å². The molecule has 0 fully saturated rings. The van der Waals surface area contributed by atoms with Crippen LogP contribution in [0.4, 0.5) is 0 Å². The van der Waals surface area contributed by atoms with Crippen molar-refractivity contribution < 1.29 is 9.53 Å². The lowest BCUT2D eigenvalue weighted by atomic mass is 10.2. The number of ether oxygens (including phenoxy) is 1. The fourth-order valence-corrected chi connectivity index (χ4v) is 2.25. The van der Waals surface area contributed by atoms with Crippen molar-refractivity contribution in [3.8, 4) is 0 Å². The van der Waals surface area contributed by atoms with Gasteiger partial charge in [-0.1, -0.05) is 13.0 Å². The molecule has 0 saturated heterocycles. The number of imidazole rings is 1. The van der Waals surface area contributed by atoms with Crippen molar-refractivity contribution in [1.29, 1.82) is 0 Å². The molecular formula is C16H23N3O2. The van der Waals surface area contributed by atoms with E-state index in [1.165, 1.54) is 5.56 Å². The van der Waals surface area contributed by atoms with Gasteiger partial charge in [-0.05, 0) is 38.0 Å². The van der Waals surface area contributed by atoms with Crippen LogP contribution in [0.15, 0.2) is 18.2 Å². The van der Waals surface area contributed by atoms with Crippen LogP contribution < -0.4 is 5.32 Å². The van der Waals surface area contributed by atoms with Gasteiger partial charge in [-0.2, -0.15) is 0 Å². The summed E-state index contributed by atoms with van der Waals surface area (Å²) in [5, 5.41) is 3.00. The maximum absolute atomic E-state index is 11.9. The van der Waals surface area contributed by atoms with Crippen LogP contribution >= 0.6 is 0 Å². The summed E-state index contributed by atoms with van der Waals surface area (Å²) in [6.45, 7) is 7.09. The predicted molar refractivity (Wildman–Crippen MR) is 83.1 cm³/mol. The molecule has 0 spiro atoms. The number of aryl methyl sites for hydroxylation is 1. The molecule has 2 rings (SSSR count). The molecule has 2 N–H and O–H groups in total. The van der Waals surface area contributed by atoms with E-state index in [0.717, 1.165) is 23.3 Å². The third-order valence-electron chi connectivity index (χ3n) is 3.41. The highest BCUT2D eigenvalue weighted by Gasteiger charge is 2.16. The first-order valence-corrected chi connectivity index (χ1v) is 7.47. The number of nitrogens with zero attached hydrogens (tertiary/aromatic N) is 1. The highest BCUT2D eigenvalue weighted by molar-refractivity contribution is 5.78. The number of hydrogen-bond donors (Lipinski definition) is 2. The van der Waals surface area contributed by atoms with Gasteiger partial charge < -0.3 is 15.0 Å². The van der Waals surface area contributed by atoms with Gasteiger partial charge in [0.2, 0.25) is 5.91 Å². The fourth-order valence-electron chi connectivity index (χ4n) is 2.25. The summed E-state index contributed by atoms with van der Waals surface area (Å²) >= 11 is 0. The van der Waals surface area contributed by atoms with Gasteiger partial charge in [0.15, 0.2) is 0 Å². The first-order chi connectivity index (χ1) is 10.1. The van der Waals surface area contributed by atoms with Crippen molar-refractivity contribution in [3.05, 3.63) is 29.6 Å². The molecule has 2 aromatic rings. The number of fused-ring (bicyclic) bond motifs is 1. The molecule has 5 heteroatoms. The van der Waals surface area contributed by atoms with Crippen molar-refractivity contribution in [2.24, 2.45) is 0 Å². The molecule has 0 aliphatic heterocycles. The van der Waals surface area contributed by atoms with Crippen molar-refractivity contribution in [2.45, 2.75) is 39.7 Å². The highest BCUT2D eigenvalue weighted by atomic mass is 16.5. The van der Waals surface area contributed by atoms with E-state index in [-0.39, 0.29) is 11.9 Å². The van der Waals surface area contributed by atoms with Crippen LogP contribution in [0.5, 0.6) is 0 Å². The maximum atomic E-state index is 11.9. The number of H-pyrrole nitrogens is 1. The van der Waals surface area contributed by atoms with Crippen molar-refractivity contribution in [2.75, 3.05) is 13.2 Å². The Morgan fingerprint density at radius 3 is 2.95 bits per heavy atom. The standard InChI is InChI=1S/C16H23N3O2/c1-4-12(17-15(20)8-9-21-5-2)16-18-13-7-6-11(3)10-14(13)19-16/h6-7,10,12H,4-5,8-9H2,1-3H3,(H,17,20)(H,18,19)/t12-/m0/s1. The van der Waals surface area contributed by atoms with Crippen LogP contribution in [0.1, 0.15) is 44.1 Å². The molecule has 1 atom stereocenters. The minimum Gasteiger partial charge on any atom is -0.381 e. The van der Waals surface area contributed by atoms with E-state index in [2.05, 4.69) is 21.4 Å². The molecule has 0 aliphatic carbocycles. The minimum absolute atomic E-state index is 0.00747. The van der Waals surface area contributed by atoms with Crippen LogP contribution in [-0.4, -0.2) is 29.1 Å². The summed E-state index contributed by atoms with van der Waals surface area (Å²) in [6.07, 6.45) is 1.17. The van der Waals surface area contributed by atoms with Gasteiger partial charge in [-0.25, -0.2) is 4.98 Å². The molecule has 21 heavy (non-hydrogen) atoms. The SMILES string of the molecule is CCOCCC(=O)N[C@@H](CC)c1nc2ccc(C)cc2[nH]1. The summed E-state index contributed by atoms with van der Waals surface area (Å²) in [5.74, 6) is 0.801. The van der Waals surface area contributed by atoms with Gasteiger partial charge in [0.25, 0.3) is 0 Å². The van der Waals surface area contributed by atoms with E-state index in [1.807, 2.05) is 32.9 Å². The lowest BCUT2D eigenvalue weighted by Gasteiger charge is -2.14. The highest BCUT2D eigenvalue weighted by Crippen LogP contribution is 2.19. The van der Waals surface area contributed by atoms with Crippen LogP contribution in [-0.2, 0) is 9.53 Å². The Morgan fingerprint density at radius 2 is 2.24 bits per heavy atom. The average molecular weight is 289 g/mol. The monoisotopic (exact) mass is 289 g/mol. The van der Waals surface area contributed by atoms with Crippen LogP contribution in [0.25, 0.3) is 11.0 Å². The molecule has 0 saturated carbocycles. The normalized spacial score (nSPS) is 12.5. The molecule has 5 nitrogen and oxygen atoms in total. The number of hydrogen-bond acceptors (Lipinski definition) is 3. The molecule has 1 amide bonds. The van der Waals surface area contributed by atoms with Crippen LogP contribution in [0, 0.1) is 6.92 Å². The van der Waals surface area contributed by atoms with E-state index >= 15 is 0 Å². The minimum atomic E-state index is -0.0909. The number of rotatable bonds is 7. The molecule has 0 bridgehead atoms. The Kier molecular flexibility index (Phi) is 5.33. The number of carbonyl (C=O) groups excluding carboxylic acids is 1. The Balaban J connectivity index is 2.06. The fraction of sp³-hybridized carbons (Fsp3) is 0.500. The summed E-state index contributed by atoms with van der Waals surface area (Å²) in [4.78, 5) is 19.8. The van der Waals surface area contributed by atoms with Gasteiger partial charge in [0.05, 0.1) is 23.7 Å². The van der Waals surface area contributed by atoms with Crippen molar-refractivity contribution in [3.63, 3.8) is 0 Å². The Morgan fingerprint density at radius 1 is 1.43 bits per heavy atom. The Bertz CT molecular complexity index is 607. The second-order valence-corrected chi connectivity index (χ2v) is 5.12. The largest absolute Gasteiger partial charge is 0.381 e. The molecule has 0 radical (unpaired) electrons. The van der Waals surface area contributed by atoms with Crippen molar-refractivity contribution in [1.82, 2.24) is 15.3 Å². The summed E-state index contributed by atoms with van der Waals surface area (Å²) in [5.41, 5.74) is 3.12. The van der Waals surface area contributed by atoms with Crippen LogP contribution in [0.3, 0.4) is 0 Å². The summed E-state index contributed by atoms with van der Waals surface area (Å²) < 4.78 is 5.20. The van der Waals surface area contributed by atoms with E-state index in [4.69, 9.17) is 4.74 Å². The van der Waals surface area contributed by atoms with Gasteiger partial charge >= 0.3 is 0 Å². The molecule has 1 heterocycles. The summed E-state index contributed by atoms with van der Waals surface area (Å²) in [7, 11) is 0. The van der Waals surface area contributed by atoms with E-state index < -0.39 is 0 Å². The maximum Gasteiger partial charge on any atom is 0.222 e. The molecule has 1 aromatic heterocycles. The zero-order valence-corrected chi connectivity index (χ0v) is 12.9. The lowest BCUT2D eigenvalue weighted by Crippen LogP contribution is -2.29. The topological polar surface area (TPSA) is 67.0 Å². The lowest BCUT2D eigenvalue weighted by molar-refractivity contribution is -0.123. The third-order valence-corrected chi connectivity index (χ3v) is 3.41. The van der Waals surface area contributed by atoms with Gasteiger partial charge in [0, 0.05) is 13.0 Å². The Labute approximate surface area is 125 Å². The van der Waals surface area contributed by atoms with Gasteiger partial charge in [-0.15, -0.1) is 0 Å². The first-order valence-electron chi connectivity index (χ1n) is 7.47. The van der Waals surface area contributed by atoms with E-state index in [0.29, 0.717) is 19.6 Å². The predicted octanol–water partition coefficient (Wildman–Crippen LogP) is 2.87. The second-order valence-electron chi connectivity index (χ2n) is 5.12. The molecule has 0 unspecified atom stereocenters. The molecule has 114 valence electrons. The quantitative estimate of drug-likeness (QED) is 0.770. The number of nitrogens with one attached hydrogen (secondary N) is 2. The van der Waals surface area contributed by atoms with E-state index in [1.54, 1.807) is 0 Å². The number of aromatic amines is 1. The number of carbonyl (C=O) groups is 1. The molecule has 1 aromatic carbocycles. The zero-order valence-electron chi connectivity index (χ0n) is 12.9. The average Bonchev–Trinajstić information content (AvgIpc) is 2.87. The van der Waals surface area contributed by atoms with E-state index in [9.17, 15) is 4.79 Å². The first kappa shape index (κ1) is 15.5. The smallest absolute Gasteiger partial charge is 0.222 e. The van der Waals surface area contributed by atoms with Crippen molar-refractivity contribution >= 4 is 16.9 Å². The Hall–Kier alpha value is -1.88. The second kappa shape index (κ2) is 7.22. The third kappa shape index (κ3) is 4.04. The molecular weight excluding hydrogens is 266 g/mol. The molecule has 0 aliphatic rings. The van der Waals surface area contributed by atoms with Crippen LogP contribution in [0.2, 0.25) is 0 Å². The number of benzene rings is 1. The summed E-state index contributed by atoms with van der Waals surface area (Å²) in [6, 6.07) is 6.00. The number of aromatic nitrogens is 2. The van der Waals surface area contributed by atoms with Gasteiger partial charge in [-0.3, -0.25) is 4.79 Å².